The Morgan fingerprint density at radius 2 is 2.12 bits per heavy atom. The van der Waals surface area contributed by atoms with Gasteiger partial charge in [-0.05, 0) is 38.3 Å². The van der Waals surface area contributed by atoms with Crippen LogP contribution in [0.4, 0.5) is 5.69 Å². The van der Waals surface area contributed by atoms with Gasteiger partial charge in [-0.3, -0.25) is 4.79 Å². The number of benzene rings is 1. The van der Waals surface area contributed by atoms with E-state index in [1.165, 1.54) is 0 Å². The van der Waals surface area contributed by atoms with E-state index in [0.717, 1.165) is 62.7 Å². The number of Topliss-reactive ketones (excluding diaryl/α,β-unsaturated/α-hetero) is 1. The molecule has 1 atom stereocenters. The van der Waals surface area contributed by atoms with Gasteiger partial charge in [0.05, 0.1) is 10.6 Å². The minimum atomic E-state index is 0.0149. The quantitative estimate of drug-likeness (QED) is 0.800. The van der Waals surface area contributed by atoms with E-state index in [2.05, 4.69) is 19.7 Å². The molecule has 1 saturated heterocycles. The SMILES string of the molecule is CC(=O)c1c(Cl)cccc1N1CCC[C@H](c2nnc3n2CCC3)C1. The molecule has 2 aromatic rings. The van der Waals surface area contributed by atoms with Gasteiger partial charge in [0.1, 0.15) is 11.6 Å². The normalized spacial score (nSPS) is 20.2. The summed E-state index contributed by atoms with van der Waals surface area (Å²) in [6, 6.07) is 5.70. The predicted octanol–water partition coefficient (Wildman–Crippen LogP) is 3.46. The van der Waals surface area contributed by atoms with Crippen molar-refractivity contribution in [3.8, 4) is 0 Å². The molecule has 0 N–H and O–H groups in total. The van der Waals surface area contributed by atoms with E-state index in [9.17, 15) is 4.79 Å². The molecule has 126 valence electrons. The maximum atomic E-state index is 12.1. The zero-order valence-corrected chi connectivity index (χ0v) is 14.6. The molecule has 0 radical (unpaired) electrons. The van der Waals surface area contributed by atoms with Gasteiger partial charge >= 0.3 is 0 Å². The Bertz CT molecular complexity index is 785. The maximum absolute atomic E-state index is 12.1. The Hall–Kier alpha value is -1.88. The number of carbonyl (C=O) groups excluding carboxylic acids is 1. The van der Waals surface area contributed by atoms with Crippen LogP contribution in [0.15, 0.2) is 18.2 Å². The van der Waals surface area contributed by atoms with Crippen molar-refractivity contribution in [1.82, 2.24) is 14.8 Å². The highest BCUT2D eigenvalue weighted by Crippen LogP contribution is 2.34. The lowest BCUT2D eigenvalue weighted by molar-refractivity contribution is 0.101. The molecule has 24 heavy (non-hydrogen) atoms. The first kappa shape index (κ1) is 15.6. The molecule has 4 rings (SSSR count). The largest absolute Gasteiger partial charge is 0.370 e. The van der Waals surface area contributed by atoms with E-state index < -0.39 is 0 Å². The Labute approximate surface area is 146 Å². The Morgan fingerprint density at radius 3 is 2.96 bits per heavy atom. The summed E-state index contributed by atoms with van der Waals surface area (Å²) in [5, 5.41) is 9.34. The second-order valence-electron chi connectivity index (χ2n) is 6.70. The van der Waals surface area contributed by atoms with Crippen molar-refractivity contribution >= 4 is 23.1 Å². The monoisotopic (exact) mass is 344 g/mol. The van der Waals surface area contributed by atoms with E-state index in [1.54, 1.807) is 13.0 Å². The second-order valence-corrected chi connectivity index (χ2v) is 7.11. The van der Waals surface area contributed by atoms with Gasteiger partial charge in [0.2, 0.25) is 0 Å². The zero-order chi connectivity index (χ0) is 16.7. The van der Waals surface area contributed by atoms with Gasteiger partial charge < -0.3 is 9.47 Å². The number of hydrogen-bond donors (Lipinski definition) is 0. The number of fused-ring (bicyclic) bond motifs is 1. The number of aryl methyl sites for hydroxylation is 1. The second kappa shape index (κ2) is 6.20. The lowest BCUT2D eigenvalue weighted by Gasteiger charge is -2.35. The number of anilines is 1. The predicted molar refractivity (Wildman–Crippen MR) is 94.0 cm³/mol. The van der Waals surface area contributed by atoms with E-state index in [4.69, 9.17) is 11.6 Å². The van der Waals surface area contributed by atoms with Crippen molar-refractivity contribution < 1.29 is 4.79 Å². The summed E-state index contributed by atoms with van der Waals surface area (Å²) in [5.74, 6) is 2.60. The van der Waals surface area contributed by atoms with Crippen molar-refractivity contribution in [2.24, 2.45) is 0 Å². The van der Waals surface area contributed by atoms with Gasteiger partial charge in [-0.1, -0.05) is 17.7 Å². The smallest absolute Gasteiger partial charge is 0.163 e. The molecule has 3 heterocycles. The fourth-order valence-corrected chi connectivity index (χ4v) is 4.31. The average Bonchev–Trinajstić information content (AvgIpc) is 3.17. The number of carbonyl (C=O) groups is 1. The molecule has 1 aromatic heterocycles. The van der Waals surface area contributed by atoms with Gasteiger partial charge in [-0.25, -0.2) is 0 Å². The van der Waals surface area contributed by atoms with Crippen molar-refractivity contribution in [2.45, 2.75) is 45.1 Å². The topological polar surface area (TPSA) is 51.0 Å². The third-order valence-corrected chi connectivity index (χ3v) is 5.42. The summed E-state index contributed by atoms with van der Waals surface area (Å²) in [6.45, 7) is 4.42. The molecule has 1 fully saturated rings. The number of ketones is 1. The summed E-state index contributed by atoms with van der Waals surface area (Å²) < 4.78 is 2.29. The Kier molecular flexibility index (Phi) is 4.04. The number of aromatic nitrogens is 3. The van der Waals surface area contributed by atoms with Crippen molar-refractivity contribution in [3.05, 3.63) is 40.4 Å². The Balaban J connectivity index is 1.64. The van der Waals surface area contributed by atoms with Crippen molar-refractivity contribution in [1.29, 1.82) is 0 Å². The summed E-state index contributed by atoms with van der Waals surface area (Å²) in [6.07, 6.45) is 4.39. The van der Waals surface area contributed by atoms with Crippen LogP contribution in [-0.4, -0.2) is 33.6 Å². The summed E-state index contributed by atoms with van der Waals surface area (Å²) in [7, 11) is 0. The summed E-state index contributed by atoms with van der Waals surface area (Å²) in [5.41, 5.74) is 1.58. The van der Waals surface area contributed by atoms with E-state index in [-0.39, 0.29) is 5.78 Å². The van der Waals surface area contributed by atoms with Crippen LogP contribution in [0.5, 0.6) is 0 Å². The highest BCUT2D eigenvalue weighted by molar-refractivity contribution is 6.34. The zero-order valence-electron chi connectivity index (χ0n) is 13.8. The summed E-state index contributed by atoms with van der Waals surface area (Å²) >= 11 is 6.28. The lowest BCUT2D eigenvalue weighted by atomic mass is 9.95. The molecule has 0 unspecified atom stereocenters. The van der Waals surface area contributed by atoms with E-state index in [0.29, 0.717) is 16.5 Å². The molecule has 2 aliphatic heterocycles. The van der Waals surface area contributed by atoms with Crippen LogP contribution >= 0.6 is 11.6 Å². The molecule has 0 spiro atoms. The van der Waals surface area contributed by atoms with Crippen molar-refractivity contribution in [3.63, 3.8) is 0 Å². The molecule has 0 aliphatic carbocycles. The first-order valence-electron chi connectivity index (χ1n) is 8.61. The van der Waals surface area contributed by atoms with Crippen molar-refractivity contribution in [2.75, 3.05) is 18.0 Å². The molecule has 0 amide bonds. The van der Waals surface area contributed by atoms with Gasteiger partial charge in [0.25, 0.3) is 0 Å². The van der Waals surface area contributed by atoms with Gasteiger partial charge in [-0.15, -0.1) is 10.2 Å². The number of piperidine rings is 1. The van der Waals surface area contributed by atoms with Crippen LogP contribution in [0.3, 0.4) is 0 Å². The van der Waals surface area contributed by atoms with Crippen LogP contribution in [0.2, 0.25) is 5.02 Å². The first-order valence-corrected chi connectivity index (χ1v) is 8.99. The molecular formula is C18H21ClN4O. The molecule has 1 aromatic carbocycles. The minimum absolute atomic E-state index is 0.0149. The molecule has 2 aliphatic rings. The van der Waals surface area contributed by atoms with Gasteiger partial charge in [0, 0.05) is 37.7 Å². The number of hydrogen-bond acceptors (Lipinski definition) is 4. The fraction of sp³-hybridized carbons (Fsp3) is 0.500. The van der Waals surface area contributed by atoms with Gasteiger partial charge in [-0.2, -0.15) is 0 Å². The summed E-state index contributed by atoms with van der Waals surface area (Å²) in [4.78, 5) is 14.3. The highest BCUT2D eigenvalue weighted by Gasteiger charge is 2.29. The molecular weight excluding hydrogens is 324 g/mol. The number of nitrogens with zero attached hydrogens (tertiary/aromatic N) is 4. The fourth-order valence-electron chi connectivity index (χ4n) is 4.01. The van der Waals surface area contributed by atoms with Crippen LogP contribution < -0.4 is 4.90 Å². The average molecular weight is 345 g/mol. The molecule has 0 saturated carbocycles. The minimum Gasteiger partial charge on any atom is -0.370 e. The Morgan fingerprint density at radius 1 is 1.25 bits per heavy atom. The number of halogens is 1. The first-order chi connectivity index (χ1) is 11.6. The van der Waals surface area contributed by atoms with Gasteiger partial charge in [0.15, 0.2) is 5.78 Å². The maximum Gasteiger partial charge on any atom is 0.163 e. The number of rotatable bonds is 3. The van der Waals surface area contributed by atoms with Crippen LogP contribution in [-0.2, 0) is 13.0 Å². The highest BCUT2D eigenvalue weighted by atomic mass is 35.5. The standard InChI is InChI=1S/C18H21ClN4O/c1-12(24)17-14(19)6-2-7-15(17)22-9-3-5-13(11-22)18-21-20-16-8-4-10-23(16)18/h2,6-7,13H,3-5,8-11H2,1H3/t13-/m0/s1. The third-order valence-electron chi connectivity index (χ3n) is 5.11. The van der Waals surface area contributed by atoms with E-state index >= 15 is 0 Å². The molecule has 0 bridgehead atoms. The molecule has 5 nitrogen and oxygen atoms in total. The van der Waals surface area contributed by atoms with Crippen LogP contribution in [0.1, 0.15) is 54.1 Å². The lowest BCUT2D eigenvalue weighted by Crippen LogP contribution is -2.36. The van der Waals surface area contributed by atoms with E-state index in [1.807, 2.05) is 12.1 Å². The molecule has 6 heteroatoms. The van der Waals surface area contributed by atoms with Crippen LogP contribution in [0, 0.1) is 0 Å². The third kappa shape index (κ3) is 2.61. The van der Waals surface area contributed by atoms with Crippen LogP contribution in [0.25, 0.3) is 0 Å².